The molecule has 3 heterocycles. The first-order valence-corrected chi connectivity index (χ1v) is 12.3. The van der Waals surface area contributed by atoms with Gasteiger partial charge in [0.1, 0.15) is 0 Å². The highest BCUT2D eigenvalue weighted by Gasteiger charge is 2.23. The summed E-state index contributed by atoms with van der Waals surface area (Å²) in [5.74, 6) is -0.177. The van der Waals surface area contributed by atoms with Crippen LogP contribution in [-0.2, 0) is 4.79 Å². The van der Waals surface area contributed by atoms with Gasteiger partial charge in [-0.1, -0.05) is 23.5 Å². The van der Waals surface area contributed by atoms with Crippen LogP contribution in [0.3, 0.4) is 0 Å². The molecule has 1 aliphatic heterocycles. The van der Waals surface area contributed by atoms with Crippen molar-refractivity contribution in [1.82, 2.24) is 25.3 Å². The van der Waals surface area contributed by atoms with Crippen molar-refractivity contribution in [2.24, 2.45) is 5.92 Å². The van der Waals surface area contributed by atoms with Gasteiger partial charge in [0, 0.05) is 48.9 Å². The number of carboxylic acid groups (broad SMARTS) is 1. The summed E-state index contributed by atoms with van der Waals surface area (Å²) in [6.07, 6.45) is 2.39. The lowest BCUT2D eigenvalue weighted by molar-refractivity contribution is -0.122. The molecule has 1 fully saturated rings. The van der Waals surface area contributed by atoms with Crippen molar-refractivity contribution >= 4 is 44.8 Å². The molecule has 2 amide bonds. The van der Waals surface area contributed by atoms with E-state index in [4.69, 9.17) is 14.9 Å². The molecular formula is C25H27N5O5S. The predicted molar refractivity (Wildman–Crippen MR) is 137 cm³/mol. The van der Waals surface area contributed by atoms with E-state index in [2.05, 4.69) is 16.0 Å². The van der Waals surface area contributed by atoms with E-state index in [1.165, 1.54) is 11.3 Å². The maximum Gasteiger partial charge on any atom is 0.290 e. The third kappa shape index (κ3) is 5.38. The van der Waals surface area contributed by atoms with Gasteiger partial charge in [0.15, 0.2) is 4.96 Å². The molecule has 0 spiro atoms. The van der Waals surface area contributed by atoms with Crippen LogP contribution in [0.15, 0.2) is 48.7 Å². The molecule has 36 heavy (non-hydrogen) atoms. The highest BCUT2D eigenvalue weighted by atomic mass is 32.1. The summed E-state index contributed by atoms with van der Waals surface area (Å²) in [5.41, 5.74) is 3.95. The monoisotopic (exact) mass is 509 g/mol. The Morgan fingerprint density at radius 1 is 1.19 bits per heavy atom. The highest BCUT2D eigenvalue weighted by molar-refractivity contribution is 7.23. The smallest absolute Gasteiger partial charge is 0.290 e. The van der Waals surface area contributed by atoms with Crippen LogP contribution in [0.2, 0.25) is 0 Å². The number of aliphatic hydroxyl groups excluding tert-OH is 1. The van der Waals surface area contributed by atoms with Crippen molar-refractivity contribution in [1.29, 1.82) is 0 Å². The van der Waals surface area contributed by atoms with E-state index < -0.39 is 6.10 Å². The number of aromatic nitrogens is 2. The number of nitrogens with one attached hydrogen (secondary N) is 3. The average Bonchev–Trinajstić information content (AvgIpc) is 3.46. The van der Waals surface area contributed by atoms with E-state index in [1.54, 1.807) is 19.2 Å². The van der Waals surface area contributed by atoms with E-state index in [9.17, 15) is 14.7 Å². The molecule has 5 N–H and O–H groups in total. The molecule has 1 saturated heterocycles. The van der Waals surface area contributed by atoms with Crippen LogP contribution in [0.25, 0.3) is 26.4 Å². The van der Waals surface area contributed by atoms with Crippen molar-refractivity contribution in [3.8, 4) is 11.3 Å². The van der Waals surface area contributed by atoms with Crippen LogP contribution < -0.4 is 16.0 Å². The Labute approximate surface area is 211 Å². The second-order valence-electron chi connectivity index (χ2n) is 8.36. The molecule has 188 valence electrons. The number of aliphatic hydroxyl groups is 1. The standard InChI is InChI=1S/C24H25N5O3S.CH2O2/c1-25-22(31)15-4-2-14(3-5-15)18-13-29-19-7-6-16(10-21(19)33-24(29)28-18)23(32)27-11-17-8-9-26-12-20(17)30;2-1-3/h2-7,10,13,17,20,26,30H,8-9,11-12H2,1H3,(H,25,31)(H,27,32);1H,(H,2,3)/t17-,20+;/m1./s1. The third-order valence-electron chi connectivity index (χ3n) is 6.14. The predicted octanol–water partition coefficient (Wildman–Crippen LogP) is 1.98. The van der Waals surface area contributed by atoms with E-state index in [-0.39, 0.29) is 24.2 Å². The van der Waals surface area contributed by atoms with Gasteiger partial charge in [-0.15, -0.1) is 0 Å². The van der Waals surface area contributed by atoms with E-state index >= 15 is 0 Å². The summed E-state index contributed by atoms with van der Waals surface area (Å²) in [6.45, 7) is 1.65. The summed E-state index contributed by atoms with van der Waals surface area (Å²) < 4.78 is 3.00. The van der Waals surface area contributed by atoms with Crippen LogP contribution >= 0.6 is 11.3 Å². The van der Waals surface area contributed by atoms with Crippen LogP contribution in [0.4, 0.5) is 0 Å². The Kier molecular flexibility index (Phi) is 7.93. The molecule has 11 heteroatoms. The number of rotatable bonds is 5. The maximum atomic E-state index is 12.7. The Morgan fingerprint density at radius 2 is 1.92 bits per heavy atom. The number of carbonyl (C=O) groups is 3. The summed E-state index contributed by atoms with van der Waals surface area (Å²) in [4.78, 5) is 38.4. The second kappa shape index (κ2) is 11.3. The van der Waals surface area contributed by atoms with Gasteiger partial charge in [0.2, 0.25) is 0 Å². The Morgan fingerprint density at radius 3 is 2.61 bits per heavy atom. The van der Waals surface area contributed by atoms with Gasteiger partial charge in [0.25, 0.3) is 18.3 Å². The number of amides is 2. The zero-order valence-corrected chi connectivity index (χ0v) is 20.4. The van der Waals surface area contributed by atoms with Crippen LogP contribution in [0.5, 0.6) is 0 Å². The van der Waals surface area contributed by atoms with Gasteiger partial charge in [-0.3, -0.25) is 18.8 Å². The first kappa shape index (κ1) is 25.3. The molecule has 5 rings (SSSR count). The third-order valence-corrected chi connectivity index (χ3v) is 7.16. The van der Waals surface area contributed by atoms with Gasteiger partial charge in [0.05, 0.1) is 22.0 Å². The molecule has 0 bridgehead atoms. The normalized spacial score (nSPS) is 17.3. The lowest BCUT2D eigenvalue weighted by Crippen LogP contribution is -2.45. The van der Waals surface area contributed by atoms with E-state index in [0.717, 1.165) is 39.4 Å². The minimum atomic E-state index is -0.430. The van der Waals surface area contributed by atoms with Crippen LogP contribution in [0, 0.1) is 5.92 Å². The van der Waals surface area contributed by atoms with Crippen molar-refractivity contribution in [2.75, 3.05) is 26.7 Å². The molecule has 0 radical (unpaired) electrons. The average molecular weight is 510 g/mol. The number of fused-ring (bicyclic) bond motifs is 3. The molecule has 1 aliphatic rings. The van der Waals surface area contributed by atoms with Gasteiger partial charge in [-0.25, -0.2) is 4.98 Å². The summed E-state index contributed by atoms with van der Waals surface area (Å²) in [5, 5.41) is 25.7. The van der Waals surface area contributed by atoms with Crippen molar-refractivity contribution in [2.45, 2.75) is 12.5 Å². The van der Waals surface area contributed by atoms with E-state index in [0.29, 0.717) is 24.2 Å². The van der Waals surface area contributed by atoms with Crippen molar-refractivity contribution in [3.05, 3.63) is 59.8 Å². The summed E-state index contributed by atoms with van der Waals surface area (Å²) in [6, 6.07) is 13.0. The molecule has 2 aromatic carbocycles. The molecule has 10 nitrogen and oxygen atoms in total. The van der Waals surface area contributed by atoms with Gasteiger partial charge < -0.3 is 26.2 Å². The number of benzene rings is 2. The Bertz CT molecular complexity index is 1380. The number of thiazole rings is 1. The number of piperidine rings is 1. The molecule has 2 aromatic heterocycles. The first-order valence-electron chi connectivity index (χ1n) is 11.4. The number of carbonyl (C=O) groups excluding carboxylic acids is 2. The fourth-order valence-electron chi connectivity index (χ4n) is 4.18. The summed E-state index contributed by atoms with van der Waals surface area (Å²) in [7, 11) is 1.61. The highest BCUT2D eigenvalue weighted by Crippen LogP contribution is 2.30. The zero-order valence-electron chi connectivity index (χ0n) is 19.6. The lowest BCUT2D eigenvalue weighted by Gasteiger charge is -2.28. The molecule has 0 saturated carbocycles. The van der Waals surface area contributed by atoms with E-state index in [1.807, 2.05) is 40.9 Å². The second-order valence-corrected chi connectivity index (χ2v) is 9.36. The van der Waals surface area contributed by atoms with Crippen LogP contribution in [-0.4, -0.2) is 70.7 Å². The van der Waals surface area contributed by atoms with Crippen LogP contribution in [0.1, 0.15) is 27.1 Å². The minimum absolute atomic E-state index is 0.0767. The zero-order chi connectivity index (χ0) is 25.7. The SMILES string of the molecule is CNC(=O)c1ccc(-c2cn3c(n2)sc2cc(C(=O)NC[C@H]4CCNC[C@@H]4O)ccc23)cc1.O=CO. The van der Waals surface area contributed by atoms with Gasteiger partial charge in [-0.2, -0.15) is 0 Å². The van der Waals surface area contributed by atoms with Crippen molar-refractivity contribution < 1.29 is 24.6 Å². The Balaban J connectivity index is 0.000000967. The summed E-state index contributed by atoms with van der Waals surface area (Å²) >= 11 is 1.53. The first-order chi connectivity index (χ1) is 17.4. The van der Waals surface area contributed by atoms with Gasteiger partial charge in [-0.05, 0) is 43.3 Å². The number of nitrogens with zero attached hydrogens (tertiary/aromatic N) is 2. The van der Waals surface area contributed by atoms with Gasteiger partial charge >= 0.3 is 0 Å². The topological polar surface area (TPSA) is 145 Å². The molecule has 0 unspecified atom stereocenters. The largest absolute Gasteiger partial charge is 0.483 e. The molecule has 0 aliphatic carbocycles. The Hall–Kier alpha value is -3.80. The number of hydrogen-bond acceptors (Lipinski definition) is 7. The maximum absolute atomic E-state index is 12.7. The minimum Gasteiger partial charge on any atom is -0.483 e. The number of hydrogen-bond donors (Lipinski definition) is 5. The quantitative estimate of drug-likeness (QED) is 0.259. The van der Waals surface area contributed by atoms with Crippen molar-refractivity contribution in [3.63, 3.8) is 0 Å². The fourth-order valence-corrected chi connectivity index (χ4v) is 5.23. The lowest BCUT2D eigenvalue weighted by atomic mass is 9.95. The fraction of sp³-hybridized carbons (Fsp3) is 0.280. The molecular weight excluding hydrogens is 482 g/mol. The number of β-amino-alcohol motifs (C(OH)–C–C–N with tert-alkyl or cyclic N) is 1. The molecule has 2 atom stereocenters. The number of imidazole rings is 1. The molecule has 4 aromatic rings.